The largest absolute Gasteiger partial charge is 0.521 e. The minimum Gasteiger partial charge on any atom is -0.435 e. The van der Waals surface area contributed by atoms with Gasteiger partial charge in [0.1, 0.15) is 6.04 Å². The van der Waals surface area contributed by atoms with Crippen molar-refractivity contribution >= 4 is 30.5 Å². The standard InChI is InChI=1S/C11H18N2O4S/c1-7-4-3-5-13(7,10(16)17)9(15)11(2,6-18)8(12)14/h7H,3-6H2,1-2H3,(H3-,12,14,16,17,18)/p+1/t7-,11?,13?/m1/s1. The third kappa shape index (κ3) is 1.91. The number of nitrogens with zero attached hydrogens (tertiary/aromatic N) is 1. The lowest BCUT2D eigenvalue weighted by molar-refractivity contribution is -0.794. The maximum atomic E-state index is 12.6. The Labute approximate surface area is 111 Å². The van der Waals surface area contributed by atoms with E-state index in [1.165, 1.54) is 6.92 Å². The summed E-state index contributed by atoms with van der Waals surface area (Å²) in [5, 5.41) is 9.42. The molecule has 0 spiro atoms. The van der Waals surface area contributed by atoms with Gasteiger partial charge in [-0.1, -0.05) is 0 Å². The van der Waals surface area contributed by atoms with Gasteiger partial charge in [-0.2, -0.15) is 21.9 Å². The molecule has 0 aliphatic carbocycles. The molecule has 0 aromatic heterocycles. The maximum Gasteiger partial charge on any atom is 0.521 e. The fourth-order valence-corrected chi connectivity index (χ4v) is 2.73. The van der Waals surface area contributed by atoms with Gasteiger partial charge in [0.2, 0.25) is 5.91 Å². The lowest BCUT2D eigenvalue weighted by atomic mass is 9.89. The van der Waals surface area contributed by atoms with E-state index < -0.39 is 27.8 Å². The molecule has 3 atom stereocenters. The monoisotopic (exact) mass is 275 g/mol. The number of rotatable bonds is 3. The van der Waals surface area contributed by atoms with Crippen molar-refractivity contribution in [3.8, 4) is 0 Å². The molecule has 1 aliphatic heterocycles. The first-order valence-corrected chi connectivity index (χ1v) is 6.43. The van der Waals surface area contributed by atoms with Gasteiger partial charge in [-0.3, -0.25) is 4.79 Å². The second-order valence-corrected chi connectivity index (χ2v) is 5.34. The molecule has 0 bridgehead atoms. The van der Waals surface area contributed by atoms with Crippen LogP contribution in [0.25, 0.3) is 0 Å². The van der Waals surface area contributed by atoms with Gasteiger partial charge in [-0.15, -0.1) is 0 Å². The zero-order valence-electron chi connectivity index (χ0n) is 10.5. The molecule has 7 heteroatoms. The van der Waals surface area contributed by atoms with Gasteiger partial charge in [0.25, 0.3) is 0 Å². The molecule has 1 aliphatic rings. The van der Waals surface area contributed by atoms with Crippen LogP contribution in [-0.4, -0.2) is 45.8 Å². The van der Waals surface area contributed by atoms with Gasteiger partial charge in [0.15, 0.2) is 5.41 Å². The Bertz CT molecular complexity index is 401. The van der Waals surface area contributed by atoms with Crippen molar-refractivity contribution in [2.45, 2.75) is 32.7 Å². The predicted octanol–water partition coefficient (Wildman–Crippen LogP) is 0.612. The van der Waals surface area contributed by atoms with E-state index in [0.717, 1.165) is 0 Å². The van der Waals surface area contributed by atoms with Crippen LogP contribution in [0.3, 0.4) is 0 Å². The van der Waals surface area contributed by atoms with Crippen LogP contribution in [0, 0.1) is 5.41 Å². The zero-order chi connectivity index (χ0) is 14.1. The third-order valence-corrected chi connectivity index (χ3v) is 4.55. The van der Waals surface area contributed by atoms with E-state index in [-0.39, 0.29) is 18.3 Å². The Morgan fingerprint density at radius 2 is 2.06 bits per heavy atom. The number of quaternary nitrogens is 1. The summed E-state index contributed by atoms with van der Waals surface area (Å²) in [7, 11) is 0. The normalized spacial score (nSPS) is 30.7. The van der Waals surface area contributed by atoms with Gasteiger partial charge >= 0.3 is 12.0 Å². The fraction of sp³-hybridized carbons (Fsp3) is 0.727. The number of primary amides is 1. The number of hydrogen-bond donors (Lipinski definition) is 3. The molecule has 1 saturated heterocycles. The Kier molecular flexibility index (Phi) is 4.07. The molecule has 102 valence electrons. The van der Waals surface area contributed by atoms with E-state index in [1.807, 2.05) is 0 Å². The summed E-state index contributed by atoms with van der Waals surface area (Å²) in [4.78, 5) is 35.6. The summed E-state index contributed by atoms with van der Waals surface area (Å²) in [5.74, 6) is -1.59. The molecule has 2 unspecified atom stereocenters. The highest BCUT2D eigenvalue weighted by Crippen LogP contribution is 2.34. The van der Waals surface area contributed by atoms with Crippen molar-refractivity contribution < 1.29 is 24.0 Å². The first kappa shape index (κ1) is 15.0. The molecule has 1 fully saturated rings. The van der Waals surface area contributed by atoms with Gasteiger partial charge in [-0.25, -0.2) is 4.79 Å². The second kappa shape index (κ2) is 4.89. The molecule has 18 heavy (non-hydrogen) atoms. The van der Waals surface area contributed by atoms with E-state index in [4.69, 9.17) is 5.73 Å². The SMILES string of the molecule is C[C@@H]1CCC[N+]1(C(=O)O)C(=O)C(C)(CS)C(N)=O. The quantitative estimate of drug-likeness (QED) is 0.399. The minimum atomic E-state index is -1.56. The maximum absolute atomic E-state index is 12.6. The lowest BCUT2D eigenvalue weighted by Crippen LogP contribution is -2.65. The minimum absolute atomic E-state index is 0.0961. The van der Waals surface area contributed by atoms with Crippen molar-refractivity contribution in [1.82, 2.24) is 0 Å². The number of carbonyl (C=O) groups excluding carboxylic acids is 2. The molecule has 0 aromatic rings. The Hall–Kier alpha value is -1.08. The molecule has 0 saturated carbocycles. The molecule has 3 N–H and O–H groups in total. The van der Waals surface area contributed by atoms with Gasteiger partial charge in [-0.05, 0) is 13.8 Å². The zero-order valence-corrected chi connectivity index (χ0v) is 11.4. The van der Waals surface area contributed by atoms with Crippen molar-refractivity contribution in [3.05, 3.63) is 0 Å². The van der Waals surface area contributed by atoms with Crippen LogP contribution in [0.5, 0.6) is 0 Å². The van der Waals surface area contributed by atoms with Crippen LogP contribution >= 0.6 is 12.6 Å². The van der Waals surface area contributed by atoms with Crippen LogP contribution < -0.4 is 5.73 Å². The number of hydrogen-bond acceptors (Lipinski definition) is 4. The summed E-state index contributed by atoms with van der Waals surface area (Å²) in [6.07, 6.45) is 0.0549. The second-order valence-electron chi connectivity index (χ2n) is 5.03. The smallest absolute Gasteiger partial charge is 0.435 e. The van der Waals surface area contributed by atoms with Crippen LogP contribution in [0.2, 0.25) is 0 Å². The Balaban J connectivity index is 3.28. The molecular weight excluding hydrogens is 256 g/mol. The molecule has 3 amide bonds. The highest BCUT2D eigenvalue weighted by molar-refractivity contribution is 7.80. The first-order valence-electron chi connectivity index (χ1n) is 5.80. The van der Waals surface area contributed by atoms with E-state index in [2.05, 4.69) is 12.6 Å². The van der Waals surface area contributed by atoms with Gasteiger partial charge in [0, 0.05) is 18.6 Å². The van der Waals surface area contributed by atoms with Gasteiger partial charge in [0.05, 0.1) is 6.54 Å². The summed E-state index contributed by atoms with van der Waals surface area (Å²) >= 11 is 3.98. The summed E-state index contributed by atoms with van der Waals surface area (Å²) in [6, 6.07) is -0.353. The van der Waals surface area contributed by atoms with Crippen LogP contribution in [0.15, 0.2) is 0 Å². The predicted molar refractivity (Wildman–Crippen MR) is 68.0 cm³/mol. The molecule has 1 rings (SSSR count). The summed E-state index contributed by atoms with van der Waals surface area (Å²) < 4.78 is -0.722. The Morgan fingerprint density at radius 1 is 1.50 bits per heavy atom. The number of carbonyl (C=O) groups is 3. The average molecular weight is 275 g/mol. The lowest BCUT2D eigenvalue weighted by Gasteiger charge is -2.35. The molecular formula is C11H19N2O4S+. The van der Waals surface area contributed by atoms with Gasteiger partial charge < -0.3 is 10.8 Å². The number of carboxylic acid groups (broad SMARTS) is 1. The highest BCUT2D eigenvalue weighted by Gasteiger charge is 2.60. The average Bonchev–Trinajstić information content (AvgIpc) is 2.69. The molecule has 0 radical (unpaired) electrons. The van der Waals surface area contributed by atoms with Crippen molar-refractivity contribution in [2.75, 3.05) is 12.3 Å². The van der Waals surface area contributed by atoms with Crippen LogP contribution in [-0.2, 0) is 9.59 Å². The van der Waals surface area contributed by atoms with E-state index in [9.17, 15) is 19.5 Å². The topological polar surface area (TPSA) is 97.5 Å². The van der Waals surface area contributed by atoms with E-state index in [0.29, 0.717) is 12.8 Å². The summed E-state index contributed by atoms with van der Waals surface area (Å²) in [5.41, 5.74) is 3.69. The van der Waals surface area contributed by atoms with Crippen molar-refractivity contribution in [3.63, 3.8) is 0 Å². The van der Waals surface area contributed by atoms with Crippen LogP contribution in [0.4, 0.5) is 4.79 Å². The number of imide groups is 1. The highest BCUT2D eigenvalue weighted by atomic mass is 32.1. The van der Waals surface area contributed by atoms with Crippen LogP contribution in [0.1, 0.15) is 26.7 Å². The van der Waals surface area contributed by atoms with E-state index >= 15 is 0 Å². The fourth-order valence-electron chi connectivity index (χ4n) is 2.44. The molecule has 1 heterocycles. The first-order chi connectivity index (χ1) is 8.23. The number of thiol groups is 1. The Morgan fingerprint density at radius 3 is 2.33 bits per heavy atom. The number of amides is 3. The number of likely N-dealkylation sites (tertiary alicyclic amines) is 1. The van der Waals surface area contributed by atoms with Crippen molar-refractivity contribution in [2.24, 2.45) is 11.1 Å². The molecule has 0 aromatic carbocycles. The van der Waals surface area contributed by atoms with Crippen molar-refractivity contribution in [1.29, 1.82) is 0 Å². The molecule has 6 nitrogen and oxygen atoms in total. The van der Waals surface area contributed by atoms with E-state index in [1.54, 1.807) is 6.92 Å². The third-order valence-electron chi connectivity index (χ3n) is 3.92. The number of nitrogens with two attached hydrogens (primary N) is 1. The summed E-state index contributed by atoms with van der Waals surface area (Å²) in [6.45, 7) is 3.27.